The van der Waals surface area contributed by atoms with Crippen molar-refractivity contribution in [1.29, 1.82) is 0 Å². The van der Waals surface area contributed by atoms with Crippen molar-refractivity contribution in [3.8, 4) is 40.1 Å². The summed E-state index contributed by atoms with van der Waals surface area (Å²) < 4.78 is 11.2. The average molecular weight is 479 g/mol. The number of para-hydroxylation sites is 1. The topological polar surface area (TPSA) is 185 Å². The van der Waals surface area contributed by atoms with Crippen molar-refractivity contribution in [2.45, 2.75) is 12.3 Å². The molecular formula is C24H17NO10. The Hall–Kier alpha value is -4.58. The maximum Gasteiger partial charge on any atom is 0.312 e. The van der Waals surface area contributed by atoms with Crippen molar-refractivity contribution in [2.75, 3.05) is 0 Å². The van der Waals surface area contributed by atoms with Gasteiger partial charge in [0.1, 0.15) is 22.5 Å². The largest absolute Gasteiger partial charge is 0.595 e. The maximum absolute atomic E-state index is 13.1. The summed E-state index contributed by atoms with van der Waals surface area (Å²) in [5.41, 5.74) is -0.899. The second kappa shape index (κ2) is 8.02. The summed E-state index contributed by atoms with van der Waals surface area (Å²) in [4.78, 5) is 25.5. The Kier molecular flexibility index (Phi) is 5.09. The summed E-state index contributed by atoms with van der Waals surface area (Å²) in [5, 5.41) is 60.5. The number of hydrogen-bond acceptors (Lipinski definition) is 10. The number of quaternary nitrogens is 1. The van der Waals surface area contributed by atoms with E-state index in [9.17, 15) is 40.4 Å². The van der Waals surface area contributed by atoms with Crippen molar-refractivity contribution < 1.29 is 44.8 Å². The number of ether oxygens (including phenoxy) is 1. The van der Waals surface area contributed by atoms with Crippen LogP contribution in [0.15, 0.2) is 57.7 Å². The number of aromatic hydroxyl groups is 4. The quantitative estimate of drug-likeness (QED) is 0.110. The molecule has 1 aliphatic rings. The Labute approximate surface area is 195 Å². The van der Waals surface area contributed by atoms with Gasteiger partial charge in [0.25, 0.3) is 0 Å². The lowest BCUT2D eigenvalue weighted by Crippen LogP contribution is -2.99. The molecule has 0 aliphatic carbocycles. The van der Waals surface area contributed by atoms with Crippen LogP contribution in [0.25, 0.3) is 22.3 Å². The van der Waals surface area contributed by atoms with Gasteiger partial charge in [-0.2, -0.15) is 5.23 Å². The molecule has 1 aromatic heterocycles. The van der Waals surface area contributed by atoms with E-state index in [1.807, 2.05) is 0 Å². The smallest absolute Gasteiger partial charge is 0.312 e. The van der Waals surface area contributed by atoms with Crippen LogP contribution >= 0.6 is 0 Å². The highest BCUT2D eigenvalue weighted by Gasteiger charge is 2.36. The SMILES string of the molecule is O=C1CC(c2ccccc2[NH+]([O-])O)c2c(cc(O)c3c(=O)c(O)c(-c4ccc(O)c(O)c4)oc23)O1. The van der Waals surface area contributed by atoms with E-state index in [1.54, 1.807) is 6.07 Å². The molecule has 3 aromatic carbocycles. The molecule has 35 heavy (non-hydrogen) atoms. The van der Waals surface area contributed by atoms with E-state index < -0.39 is 50.9 Å². The molecule has 1 aliphatic heterocycles. The fourth-order valence-electron chi connectivity index (χ4n) is 4.30. The molecule has 0 saturated carbocycles. The number of benzene rings is 3. The molecule has 11 heteroatoms. The lowest BCUT2D eigenvalue weighted by molar-refractivity contribution is -0.991. The Bertz CT molecular complexity index is 1570. The number of esters is 1. The standard InChI is InChI=1S/C24H17NO10/c26-14-6-5-10(7-15(14)27)23-22(31)21(30)20-16(28)9-17-19(24(20)35-23)12(8-18(29)34-17)11-3-1-2-4-13(11)25(32)33/h1-7,9,12,25-28,31-32H,8H2. The van der Waals surface area contributed by atoms with Gasteiger partial charge in [0.2, 0.25) is 11.2 Å². The highest BCUT2D eigenvalue weighted by Crippen LogP contribution is 2.48. The van der Waals surface area contributed by atoms with E-state index >= 15 is 0 Å². The molecule has 2 unspecified atom stereocenters. The zero-order valence-electron chi connectivity index (χ0n) is 17.7. The van der Waals surface area contributed by atoms with E-state index in [2.05, 4.69) is 0 Å². The molecule has 0 fully saturated rings. The number of carbonyl (C=O) groups is 1. The predicted molar refractivity (Wildman–Crippen MR) is 119 cm³/mol. The molecule has 6 N–H and O–H groups in total. The van der Waals surface area contributed by atoms with E-state index in [1.165, 1.54) is 24.3 Å². The zero-order chi connectivity index (χ0) is 25.0. The fourth-order valence-corrected chi connectivity index (χ4v) is 4.30. The first-order valence-corrected chi connectivity index (χ1v) is 10.3. The van der Waals surface area contributed by atoms with Crippen LogP contribution in [-0.4, -0.2) is 31.6 Å². The van der Waals surface area contributed by atoms with Gasteiger partial charge in [-0.25, -0.2) is 5.21 Å². The third-order valence-electron chi connectivity index (χ3n) is 5.87. The number of nitrogens with one attached hydrogen (secondary N) is 1. The van der Waals surface area contributed by atoms with Crippen LogP contribution in [0, 0.1) is 5.21 Å². The van der Waals surface area contributed by atoms with Gasteiger partial charge in [0.05, 0.1) is 6.42 Å². The van der Waals surface area contributed by atoms with Gasteiger partial charge >= 0.3 is 5.97 Å². The molecule has 2 atom stereocenters. The number of rotatable bonds is 3. The Morgan fingerprint density at radius 3 is 2.40 bits per heavy atom. The van der Waals surface area contributed by atoms with Crippen LogP contribution in [0.4, 0.5) is 5.69 Å². The van der Waals surface area contributed by atoms with Gasteiger partial charge in [-0.1, -0.05) is 18.2 Å². The van der Waals surface area contributed by atoms with Crippen LogP contribution < -0.4 is 15.4 Å². The number of phenols is 3. The van der Waals surface area contributed by atoms with Crippen molar-refractivity contribution >= 4 is 22.6 Å². The summed E-state index contributed by atoms with van der Waals surface area (Å²) in [5.74, 6) is -4.59. The maximum atomic E-state index is 13.1. The second-order valence-electron chi connectivity index (χ2n) is 7.95. The predicted octanol–water partition coefficient (Wildman–Crippen LogP) is 2.13. The summed E-state index contributed by atoms with van der Waals surface area (Å²) in [7, 11) is 0. The van der Waals surface area contributed by atoms with Gasteiger partial charge in [0, 0.05) is 34.7 Å². The minimum absolute atomic E-state index is 0.0317. The molecule has 4 aromatic rings. The summed E-state index contributed by atoms with van der Waals surface area (Å²) >= 11 is 0. The summed E-state index contributed by atoms with van der Waals surface area (Å²) in [6.07, 6.45) is -0.281. The molecule has 0 amide bonds. The lowest BCUT2D eigenvalue weighted by Gasteiger charge is -2.27. The first-order valence-electron chi connectivity index (χ1n) is 10.3. The van der Waals surface area contributed by atoms with Crippen LogP contribution in [0.3, 0.4) is 0 Å². The van der Waals surface area contributed by atoms with E-state index in [4.69, 9.17) is 9.15 Å². The Morgan fingerprint density at radius 2 is 1.69 bits per heavy atom. The van der Waals surface area contributed by atoms with Gasteiger partial charge < -0.3 is 34.8 Å². The first kappa shape index (κ1) is 22.2. The summed E-state index contributed by atoms with van der Waals surface area (Å²) in [6.45, 7) is 0. The molecule has 11 nitrogen and oxygen atoms in total. The third-order valence-corrected chi connectivity index (χ3v) is 5.87. The minimum Gasteiger partial charge on any atom is -0.595 e. The number of fused-ring (bicyclic) bond motifs is 3. The molecule has 0 bridgehead atoms. The number of carbonyl (C=O) groups excluding carboxylic acids is 1. The van der Waals surface area contributed by atoms with E-state index in [0.29, 0.717) is 0 Å². The normalized spacial score (nSPS) is 16.1. The highest BCUT2D eigenvalue weighted by atomic mass is 16.8. The third kappa shape index (κ3) is 3.51. The van der Waals surface area contributed by atoms with Crippen molar-refractivity contribution in [2.24, 2.45) is 0 Å². The molecule has 5 rings (SSSR count). The van der Waals surface area contributed by atoms with E-state index in [0.717, 1.165) is 18.2 Å². The fraction of sp³-hybridized carbons (Fsp3) is 0.0833. The zero-order valence-corrected chi connectivity index (χ0v) is 17.7. The van der Waals surface area contributed by atoms with Gasteiger partial charge in [-0.3, -0.25) is 9.59 Å². The monoisotopic (exact) mass is 479 g/mol. The van der Waals surface area contributed by atoms with Crippen LogP contribution in [0.1, 0.15) is 23.5 Å². The van der Waals surface area contributed by atoms with Crippen molar-refractivity contribution in [3.63, 3.8) is 0 Å². The molecule has 178 valence electrons. The number of hydrogen-bond donors (Lipinski definition) is 6. The van der Waals surface area contributed by atoms with Gasteiger partial charge in [-0.15, -0.1) is 0 Å². The minimum atomic E-state index is -1.23. The lowest BCUT2D eigenvalue weighted by atomic mass is 9.84. The van der Waals surface area contributed by atoms with Gasteiger partial charge in [0.15, 0.2) is 22.9 Å². The molecule has 2 heterocycles. The van der Waals surface area contributed by atoms with Crippen molar-refractivity contribution in [1.82, 2.24) is 0 Å². The molecule has 0 radical (unpaired) electrons. The highest BCUT2D eigenvalue weighted by molar-refractivity contribution is 5.94. The summed E-state index contributed by atoms with van der Waals surface area (Å²) in [6, 6.07) is 10.5. The molecule has 0 spiro atoms. The van der Waals surface area contributed by atoms with Crippen LogP contribution in [0.2, 0.25) is 0 Å². The Morgan fingerprint density at radius 1 is 0.943 bits per heavy atom. The number of phenolic OH excluding ortho intramolecular Hbond substituents is 3. The van der Waals surface area contributed by atoms with Gasteiger partial charge in [-0.05, 0) is 18.2 Å². The van der Waals surface area contributed by atoms with Crippen LogP contribution in [-0.2, 0) is 4.79 Å². The molecule has 0 saturated heterocycles. The van der Waals surface area contributed by atoms with Crippen molar-refractivity contribution in [3.05, 3.63) is 75.1 Å². The first-order chi connectivity index (χ1) is 16.7. The van der Waals surface area contributed by atoms with E-state index in [-0.39, 0.29) is 45.9 Å². The van der Waals surface area contributed by atoms with Crippen LogP contribution in [0.5, 0.6) is 28.7 Å². The molecular weight excluding hydrogens is 462 g/mol. The average Bonchev–Trinajstić information content (AvgIpc) is 2.82. The Balaban J connectivity index is 1.87. The second-order valence-corrected chi connectivity index (χ2v) is 7.95.